The molecule has 0 spiro atoms. The lowest BCUT2D eigenvalue weighted by Crippen LogP contribution is -2.34. The van der Waals surface area contributed by atoms with Crippen LogP contribution in [-0.4, -0.2) is 37.1 Å². The van der Waals surface area contributed by atoms with Gasteiger partial charge >= 0.3 is 0 Å². The number of aryl methyl sites for hydroxylation is 1. The highest BCUT2D eigenvalue weighted by atomic mass is 16.7. The van der Waals surface area contributed by atoms with E-state index in [1.165, 1.54) is 32.4 Å². The molecule has 1 N–H and O–H groups in total. The molecule has 0 radical (unpaired) electrons. The Balaban J connectivity index is 1.83. The summed E-state index contributed by atoms with van der Waals surface area (Å²) in [7, 11) is 2.94. The molecular formula is C20H17N3O7. The first kappa shape index (κ1) is 19.4. The number of hydroxylamine groups is 1. The van der Waals surface area contributed by atoms with Gasteiger partial charge in [0.25, 0.3) is 17.5 Å². The number of nitrogens with one attached hydrogen (secondary N) is 1. The Bertz CT molecular complexity index is 1130. The molecule has 30 heavy (non-hydrogen) atoms. The lowest BCUT2D eigenvalue weighted by Gasteiger charge is -2.17. The van der Waals surface area contributed by atoms with Crippen LogP contribution in [0.3, 0.4) is 0 Å². The second-order valence-electron chi connectivity index (χ2n) is 6.64. The second-order valence-corrected chi connectivity index (χ2v) is 6.64. The van der Waals surface area contributed by atoms with Crippen LogP contribution in [0.25, 0.3) is 5.70 Å². The number of hydrogen-bond acceptors (Lipinski definition) is 8. The van der Waals surface area contributed by atoms with Crippen molar-refractivity contribution in [2.75, 3.05) is 19.1 Å². The number of hydrogen-bond donors (Lipinski definition) is 1. The number of carbonyl (C=O) groups is 2. The van der Waals surface area contributed by atoms with Gasteiger partial charge in [0.1, 0.15) is 0 Å². The maximum absolute atomic E-state index is 13.2. The van der Waals surface area contributed by atoms with Crippen molar-refractivity contribution in [3.05, 3.63) is 63.2 Å². The van der Waals surface area contributed by atoms with Crippen molar-refractivity contribution in [2.24, 2.45) is 0 Å². The van der Waals surface area contributed by atoms with E-state index in [9.17, 15) is 19.7 Å². The Kier molecular flexibility index (Phi) is 4.63. The van der Waals surface area contributed by atoms with Gasteiger partial charge in [-0.3, -0.25) is 30.0 Å². The smallest absolute Gasteiger partial charge is 0.274 e. The van der Waals surface area contributed by atoms with Crippen molar-refractivity contribution >= 4 is 28.9 Å². The van der Waals surface area contributed by atoms with Gasteiger partial charge in [0.2, 0.25) is 0 Å². The fraction of sp³-hybridized carbons (Fsp3) is 0.200. The molecule has 154 valence electrons. The summed E-state index contributed by atoms with van der Waals surface area (Å²) in [5.41, 5.74) is 3.82. The zero-order valence-corrected chi connectivity index (χ0v) is 16.3. The maximum Gasteiger partial charge on any atom is 0.274 e. The van der Waals surface area contributed by atoms with Gasteiger partial charge in [0.05, 0.1) is 36.1 Å². The SMILES string of the molecule is COc1cccc(C2=C3C(=O)N(c4ccc(C)c([N+](=O)[O-])c4)C(=O)[C@H]3ON2)c1OC. The Morgan fingerprint density at radius 3 is 2.60 bits per heavy atom. The van der Waals surface area contributed by atoms with Crippen molar-refractivity contribution < 1.29 is 28.8 Å². The molecule has 2 aliphatic rings. The van der Waals surface area contributed by atoms with Crippen LogP contribution in [0.1, 0.15) is 11.1 Å². The Labute approximate surface area is 170 Å². The standard InChI is InChI=1S/C20H17N3O7/c1-10-7-8-11(9-13(10)23(26)27)22-19(24)15-16(21-30-18(15)20(22)25)12-5-4-6-14(28-2)17(12)29-3/h4-9,18,21H,1-3H3/t18-/m0/s1. The molecule has 2 aromatic carbocycles. The summed E-state index contributed by atoms with van der Waals surface area (Å²) in [5.74, 6) is -0.467. The minimum absolute atomic E-state index is 0.0924. The highest BCUT2D eigenvalue weighted by Gasteiger charge is 2.51. The third kappa shape index (κ3) is 2.77. The maximum atomic E-state index is 13.2. The number of ether oxygens (including phenoxy) is 2. The van der Waals surface area contributed by atoms with E-state index in [2.05, 4.69) is 5.48 Å². The monoisotopic (exact) mass is 411 g/mol. The van der Waals surface area contributed by atoms with Crippen LogP contribution < -0.4 is 19.9 Å². The fourth-order valence-corrected chi connectivity index (χ4v) is 3.56. The van der Waals surface area contributed by atoms with E-state index in [1.54, 1.807) is 25.1 Å². The first-order chi connectivity index (χ1) is 14.4. The van der Waals surface area contributed by atoms with Crippen molar-refractivity contribution in [2.45, 2.75) is 13.0 Å². The van der Waals surface area contributed by atoms with E-state index >= 15 is 0 Å². The first-order valence-electron chi connectivity index (χ1n) is 8.89. The number of imide groups is 1. The van der Waals surface area contributed by atoms with Gasteiger partial charge in [-0.1, -0.05) is 12.1 Å². The highest BCUT2D eigenvalue weighted by Crippen LogP contribution is 2.41. The normalized spacial score (nSPS) is 17.8. The Morgan fingerprint density at radius 1 is 1.17 bits per heavy atom. The number of amides is 2. The number of fused-ring (bicyclic) bond motifs is 1. The quantitative estimate of drug-likeness (QED) is 0.451. The summed E-state index contributed by atoms with van der Waals surface area (Å²) in [6.07, 6.45) is -1.18. The molecule has 2 heterocycles. The first-order valence-corrected chi connectivity index (χ1v) is 8.89. The molecule has 0 saturated carbocycles. The zero-order chi connectivity index (χ0) is 21.6. The second kappa shape index (κ2) is 7.16. The number of benzene rings is 2. The van der Waals surface area contributed by atoms with Crippen LogP contribution in [-0.2, 0) is 14.4 Å². The molecule has 10 nitrogen and oxygen atoms in total. The van der Waals surface area contributed by atoms with E-state index < -0.39 is 22.8 Å². The Morgan fingerprint density at radius 2 is 1.93 bits per heavy atom. The number of rotatable bonds is 5. The van der Waals surface area contributed by atoms with Crippen molar-refractivity contribution in [3.8, 4) is 11.5 Å². The average molecular weight is 411 g/mol. The summed E-state index contributed by atoms with van der Waals surface area (Å²) >= 11 is 0. The molecule has 10 heteroatoms. The van der Waals surface area contributed by atoms with Crippen LogP contribution in [0.2, 0.25) is 0 Å². The summed E-state index contributed by atoms with van der Waals surface area (Å²) in [6, 6.07) is 9.27. The summed E-state index contributed by atoms with van der Waals surface area (Å²) < 4.78 is 10.7. The number of methoxy groups -OCH3 is 2. The lowest BCUT2D eigenvalue weighted by molar-refractivity contribution is -0.385. The molecule has 2 amide bonds. The number of carbonyl (C=O) groups excluding carboxylic acids is 2. The minimum Gasteiger partial charge on any atom is -0.493 e. The third-order valence-electron chi connectivity index (χ3n) is 5.01. The molecule has 1 saturated heterocycles. The molecule has 2 aliphatic heterocycles. The summed E-state index contributed by atoms with van der Waals surface area (Å²) in [6.45, 7) is 1.58. The third-order valence-corrected chi connectivity index (χ3v) is 5.01. The summed E-state index contributed by atoms with van der Waals surface area (Å²) in [5, 5.41) is 11.3. The molecule has 0 bridgehead atoms. The van der Waals surface area contributed by atoms with Crippen molar-refractivity contribution in [1.82, 2.24) is 5.48 Å². The number of nitrogens with zero attached hydrogens (tertiary/aromatic N) is 2. The fourth-order valence-electron chi connectivity index (χ4n) is 3.56. The number of para-hydroxylation sites is 1. The van der Waals surface area contributed by atoms with Gasteiger partial charge in [-0.25, -0.2) is 4.90 Å². The van der Waals surface area contributed by atoms with Gasteiger partial charge in [-0.2, -0.15) is 0 Å². The predicted molar refractivity (Wildman–Crippen MR) is 105 cm³/mol. The number of anilines is 1. The molecular weight excluding hydrogens is 394 g/mol. The molecule has 0 aliphatic carbocycles. The zero-order valence-electron chi connectivity index (χ0n) is 16.3. The molecule has 0 unspecified atom stereocenters. The van der Waals surface area contributed by atoms with E-state index in [1.807, 2.05) is 0 Å². The van der Waals surface area contributed by atoms with Gasteiger partial charge in [0, 0.05) is 17.2 Å². The predicted octanol–water partition coefficient (Wildman–Crippen LogP) is 2.11. The molecule has 2 aromatic rings. The average Bonchev–Trinajstić information content (AvgIpc) is 3.28. The van der Waals surface area contributed by atoms with Crippen molar-refractivity contribution in [3.63, 3.8) is 0 Å². The van der Waals surface area contributed by atoms with Crippen molar-refractivity contribution in [1.29, 1.82) is 0 Å². The molecule has 1 fully saturated rings. The van der Waals surface area contributed by atoms with Gasteiger partial charge in [0.15, 0.2) is 17.6 Å². The van der Waals surface area contributed by atoms with E-state index in [0.717, 1.165) is 4.90 Å². The van der Waals surface area contributed by atoms with Crippen LogP contribution in [0.15, 0.2) is 42.0 Å². The molecule has 0 aromatic heterocycles. The topological polar surface area (TPSA) is 120 Å². The van der Waals surface area contributed by atoms with E-state index in [0.29, 0.717) is 22.6 Å². The van der Waals surface area contributed by atoms with Gasteiger partial charge in [-0.05, 0) is 25.1 Å². The molecule has 4 rings (SSSR count). The largest absolute Gasteiger partial charge is 0.493 e. The van der Waals surface area contributed by atoms with E-state index in [-0.39, 0.29) is 22.6 Å². The van der Waals surface area contributed by atoms with Crippen LogP contribution in [0.4, 0.5) is 11.4 Å². The van der Waals surface area contributed by atoms with Gasteiger partial charge < -0.3 is 9.47 Å². The van der Waals surface area contributed by atoms with E-state index in [4.69, 9.17) is 14.3 Å². The lowest BCUT2D eigenvalue weighted by atomic mass is 10.0. The molecule has 1 atom stereocenters. The van der Waals surface area contributed by atoms with Gasteiger partial charge in [-0.15, -0.1) is 0 Å². The number of nitro groups is 1. The van der Waals surface area contributed by atoms with Crippen LogP contribution in [0, 0.1) is 17.0 Å². The van der Waals surface area contributed by atoms with Crippen LogP contribution in [0.5, 0.6) is 11.5 Å². The minimum atomic E-state index is -1.18. The van der Waals surface area contributed by atoms with Crippen LogP contribution >= 0.6 is 0 Å². The summed E-state index contributed by atoms with van der Waals surface area (Å²) in [4.78, 5) is 43.1. The Hall–Kier alpha value is -3.92. The number of nitro benzene ring substituents is 1. The highest BCUT2D eigenvalue weighted by molar-refractivity contribution is 6.33.